The van der Waals surface area contributed by atoms with Gasteiger partial charge < -0.3 is 4.90 Å². The van der Waals surface area contributed by atoms with Crippen LogP contribution in [-0.2, 0) is 6.54 Å². The fourth-order valence-corrected chi connectivity index (χ4v) is 2.20. The van der Waals surface area contributed by atoms with Crippen molar-refractivity contribution in [2.75, 3.05) is 7.05 Å². The minimum Gasteiger partial charge on any atom is -0.337 e. The third-order valence-corrected chi connectivity index (χ3v) is 3.17. The Bertz CT molecular complexity index is 493. The number of hydrogen-bond donors (Lipinski definition) is 0. The van der Waals surface area contributed by atoms with Crippen molar-refractivity contribution < 1.29 is 9.18 Å². The van der Waals surface area contributed by atoms with Crippen molar-refractivity contribution in [3.05, 3.63) is 58.0 Å². The van der Waals surface area contributed by atoms with Crippen molar-refractivity contribution in [3.63, 3.8) is 0 Å². The van der Waals surface area contributed by atoms with Gasteiger partial charge in [-0.25, -0.2) is 4.39 Å². The van der Waals surface area contributed by atoms with Gasteiger partial charge in [0.2, 0.25) is 0 Å². The molecule has 0 fully saturated rings. The van der Waals surface area contributed by atoms with E-state index in [2.05, 4.69) is 0 Å². The first kappa shape index (κ1) is 11.8. The molecule has 0 saturated carbocycles. The Morgan fingerprint density at radius 3 is 2.59 bits per heavy atom. The fourth-order valence-electron chi connectivity index (χ4n) is 1.54. The number of thiophene rings is 1. The molecule has 0 spiro atoms. The first-order valence-electron chi connectivity index (χ1n) is 5.19. The molecule has 0 unspecified atom stereocenters. The summed E-state index contributed by atoms with van der Waals surface area (Å²) in [5.74, 6) is -0.432. The van der Waals surface area contributed by atoms with E-state index < -0.39 is 0 Å². The first-order valence-corrected chi connectivity index (χ1v) is 6.13. The second-order valence-electron chi connectivity index (χ2n) is 3.80. The number of amides is 1. The largest absolute Gasteiger partial charge is 0.337 e. The number of carbonyl (C=O) groups is 1. The van der Waals surface area contributed by atoms with Crippen LogP contribution in [0.15, 0.2) is 41.1 Å². The molecule has 2 nitrogen and oxygen atoms in total. The molecule has 0 bridgehead atoms. The molecule has 1 aromatic carbocycles. The molecular formula is C13H12FNOS. The van der Waals surface area contributed by atoms with Gasteiger partial charge in [0, 0.05) is 19.2 Å². The van der Waals surface area contributed by atoms with Gasteiger partial charge in [-0.05, 0) is 46.7 Å². The van der Waals surface area contributed by atoms with Crippen molar-refractivity contribution in [2.24, 2.45) is 0 Å². The number of halogens is 1. The molecular weight excluding hydrogens is 237 g/mol. The van der Waals surface area contributed by atoms with Crippen LogP contribution in [0.1, 0.15) is 15.9 Å². The molecule has 4 heteroatoms. The van der Waals surface area contributed by atoms with Crippen LogP contribution in [0.2, 0.25) is 0 Å². The van der Waals surface area contributed by atoms with Gasteiger partial charge in [0.05, 0.1) is 0 Å². The zero-order valence-corrected chi connectivity index (χ0v) is 10.2. The molecule has 0 saturated heterocycles. The number of hydrogen-bond acceptors (Lipinski definition) is 2. The molecule has 2 rings (SSSR count). The minimum absolute atomic E-state index is 0.101. The molecule has 0 aliphatic carbocycles. The van der Waals surface area contributed by atoms with E-state index in [4.69, 9.17) is 0 Å². The van der Waals surface area contributed by atoms with Crippen molar-refractivity contribution in [1.29, 1.82) is 0 Å². The van der Waals surface area contributed by atoms with Gasteiger partial charge in [-0.15, -0.1) is 0 Å². The lowest BCUT2D eigenvalue weighted by Crippen LogP contribution is -2.25. The second kappa shape index (κ2) is 5.10. The topological polar surface area (TPSA) is 20.3 Å². The van der Waals surface area contributed by atoms with Gasteiger partial charge in [-0.1, -0.05) is 0 Å². The van der Waals surface area contributed by atoms with Gasteiger partial charge >= 0.3 is 0 Å². The molecule has 0 atom stereocenters. The highest BCUT2D eigenvalue weighted by Crippen LogP contribution is 2.11. The Morgan fingerprint density at radius 2 is 2.00 bits per heavy atom. The monoisotopic (exact) mass is 249 g/mol. The van der Waals surface area contributed by atoms with Gasteiger partial charge in [0.1, 0.15) is 5.82 Å². The first-order chi connectivity index (χ1) is 8.16. The van der Waals surface area contributed by atoms with Gasteiger partial charge in [-0.2, -0.15) is 11.3 Å². The summed E-state index contributed by atoms with van der Waals surface area (Å²) in [5, 5.41) is 3.99. The molecule has 1 heterocycles. The summed E-state index contributed by atoms with van der Waals surface area (Å²) < 4.78 is 12.7. The van der Waals surface area contributed by atoms with Crippen LogP contribution in [0, 0.1) is 5.82 Å². The molecule has 0 radical (unpaired) electrons. The maximum atomic E-state index is 12.7. The molecule has 0 aliphatic rings. The average Bonchev–Trinajstić information content (AvgIpc) is 2.82. The Labute approximate surface area is 103 Å². The lowest BCUT2D eigenvalue weighted by molar-refractivity contribution is 0.0785. The molecule has 0 N–H and O–H groups in total. The summed E-state index contributed by atoms with van der Waals surface area (Å²) in [7, 11) is 1.74. The number of rotatable bonds is 3. The van der Waals surface area contributed by atoms with Crippen LogP contribution in [0.5, 0.6) is 0 Å². The van der Waals surface area contributed by atoms with E-state index >= 15 is 0 Å². The zero-order chi connectivity index (χ0) is 12.3. The number of nitrogens with zero attached hydrogens (tertiary/aromatic N) is 1. The Balaban J connectivity index is 2.07. The second-order valence-corrected chi connectivity index (χ2v) is 4.58. The smallest absolute Gasteiger partial charge is 0.253 e. The number of benzene rings is 1. The average molecular weight is 249 g/mol. The van der Waals surface area contributed by atoms with Crippen LogP contribution in [0.3, 0.4) is 0 Å². The van der Waals surface area contributed by atoms with Crippen molar-refractivity contribution in [1.82, 2.24) is 4.90 Å². The zero-order valence-electron chi connectivity index (χ0n) is 9.39. The van der Waals surface area contributed by atoms with Gasteiger partial charge in [0.25, 0.3) is 5.91 Å². The fraction of sp³-hybridized carbons (Fsp3) is 0.154. The van der Waals surface area contributed by atoms with E-state index in [0.717, 1.165) is 5.56 Å². The molecule has 2 aromatic rings. The highest BCUT2D eigenvalue weighted by atomic mass is 32.1. The maximum absolute atomic E-state index is 12.7. The summed E-state index contributed by atoms with van der Waals surface area (Å²) in [4.78, 5) is 13.6. The van der Waals surface area contributed by atoms with Crippen LogP contribution in [0.25, 0.3) is 0 Å². The van der Waals surface area contributed by atoms with Crippen LogP contribution in [-0.4, -0.2) is 17.9 Å². The highest BCUT2D eigenvalue weighted by Gasteiger charge is 2.11. The van der Waals surface area contributed by atoms with E-state index in [0.29, 0.717) is 12.1 Å². The van der Waals surface area contributed by atoms with Crippen molar-refractivity contribution in [3.8, 4) is 0 Å². The normalized spacial score (nSPS) is 10.2. The summed E-state index contributed by atoms with van der Waals surface area (Å²) in [6, 6.07) is 7.58. The van der Waals surface area contributed by atoms with Crippen LogP contribution < -0.4 is 0 Å². The maximum Gasteiger partial charge on any atom is 0.253 e. The summed E-state index contributed by atoms with van der Waals surface area (Å²) in [6.45, 7) is 0.569. The van der Waals surface area contributed by atoms with E-state index in [1.54, 1.807) is 23.3 Å². The van der Waals surface area contributed by atoms with Crippen molar-refractivity contribution in [2.45, 2.75) is 6.54 Å². The lowest BCUT2D eigenvalue weighted by atomic mass is 10.2. The predicted octanol–water partition coefficient (Wildman–Crippen LogP) is 3.16. The Hall–Kier alpha value is -1.68. The molecule has 88 valence electrons. The molecule has 1 aromatic heterocycles. The standard InChI is InChI=1S/C13H12FNOS/c1-15(8-10-6-7-17-9-10)13(16)11-2-4-12(14)5-3-11/h2-7,9H,8H2,1H3. The van der Waals surface area contributed by atoms with Gasteiger partial charge in [-0.3, -0.25) is 4.79 Å². The Morgan fingerprint density at radius 1 is 1.29 bits per heavy atom. The van der Waals surface area contributed by atoms with Crippen molar-refractivity contribution >= 4 is 17.2 Å². The molecule has 17 heavy (non-hydrogen) atoms. The van der Waals surface area contributed by atoms with E-state index in [1.807, 2.05) is 16.8 Å². The van der Waals surface area contributed by atoms with Crippen LogP contribution in [0.4, 0.5) is 4.39 Å². The SMILES string of the molecule is CN(Cc1ccsc1)C(=O)c1ccc(F)cc1. The third kappa shape index (κ3) is 2.91. The molecule has 0 aliphatic heterocycles. The van der Waals surface area contributed by atoms with E-state index in [9.17, 15) is 9.18 Å². The predicted molar refractivity (Wildman–Crippen MR) is 66.5 cm³/mol. The molecule has 1 amide bonds. The summed E-state index contributed by atoms with van der Waals surface area (Å²) in [6.07, 6.45) is 0. The minimum atomic E-state index is -0.331. The van der Waals surface area contributed by atoms with E-state index in [-0.39, 0.29) is 11.7 Å². The van der Waals surface area contributed by atoms with E-state index in [1.165, 1.54) is 24.3 Å². The lowest BCUT2D eigenvalue weighted by Gasteiger charge is -2.16. The third-order valence-electron chi connectivity index (χ3n) is 2.44. The summed E-state index contributed by atoms with van der Waals surface area (Å²) in [5.41, 5.74) is 1.61. The van der Waals surface area contributed by atoms with Gasteiger partial charge in [0.15, 0.2) is 0 Å². The highest BCUT2D eigenvalue weighted by molar-refractivity contribution is 7.07. The Kier molecular flexibility index (Phi) is 3.54. The quantitative estimate of drug-likeness (QED) is 0.818. The summed E-state index contributed by atoms with van der Waals surface area (Å²) >= 11 is 1.60. The van der Waals surface area contributed by atoms with Crippen LogP contribution >= 0.6 is 11.3 Å². The number of carbonyl (C=O) groups excluding carboxylic acids is 1.